The van der Waals surface area contributed by atoms with Gasteiger partial charge in [0.2, 0.25) is 5.88 Å². The second-order valence-corrected chi connectivity index (χ2v) is 6.20. The number of rotatable bonds is 6. The molecule has 0 fully saturated rings. The monoisotopic (exact) mass is 362 g/mol. The maximum Gasteiger partial charge on any atom is 0.220 e. The largest absolute Gasteiger partial charge is 0.496 e. The number of hydrogen-bond acceptors (Lipinski definition) is 6. The standard InChI is InChI=1S/2C10H15NO2/c1-7(2)10-8(12-3)5-11-6-9(10)13-4;1-7(2)9-8(12-3)5-6-11-10(9)13-4/h2*5-7H,1-4H3. The van der Waals surface area contributed by atoms with E-state index in [1.54, 1.807) is 47.0 Å². The normalized spacial score (nSPS) is 10.2. The van der Waals surface area contributed by atoms with Gasteiger partial charge < -0.3 is 18.9 Å². The maximum atomic E-state index is 5.23. The molecule has 0 amide bonds. The van der Waals surface area contributed by atoms with Crippen LogP contribution in [0.4, 0.5) is 0 Å². The molecule has 0 aliphatic heterocycles. The van der Waals surface area contributed by atoms with Crippen molar-refractivity contribution in [1.82, 2.24) is 9.97 Å². The summed E-state index contributed by atoms with van der Waals surface area (Å²) in [5.74, 6) is 3.77. The highest BCUT2D eigenvalue weighted by molar-refractivity contribution is 5.44. The van der Waals surface area contributed by atoms with Crippen LogP contribution in [0.3, 0.4) is 0 Å². The zero-order valence-corrected chi connectivity index (χ0v) is 17.0. The average molecular weight is 362 g/mol. The number of pyridine rings is 2. The molecule has 144 valence electrons. The molecule has 0 radical (unpaired) electrons. The van der Waals surface area contributed by atoms with Gasteiger partial charge in [-0.3, -0.25) is 4.98 Å². The molecule has 0 saturated heterocycles. The molecule has 26 heavy (non-hydrogen) atoms. The molecule has 0 spiro atoms. The molecule has 0 N–H and O–H groups in total. The Morgan fingerprint density at radius 3 is 1.58 bits per heavy atom. The summed E-state index contributed by atoms with van der Waals surface area (Å²) in [6.45, 7) is 8.37. The highest BCUT2D eigenvalue weighted by Gasteiger charge is 2.14. The average Bonchev–Trinajstić information content (AvgIpc) is 2.66. The van der Waals surface area contributed by atoms with Gasteiger partial charge in [-0.15, -0.1) is 0 Å². The summed E-state index contributed by atoms with van der Waals surface area (Å²) in [5, 5.41) is 0. The Morgan fingerprint density at radius 2 is 1.19 bits per heavy atom. The van der Waals surface area contributed by atoms with Gasteiger partial charge in [-0.1, -0.05) is 27.7 Å². The van der Waals surface area contributed by atoms with Crippen molar-refractivity contribution in [3.63, 3.8) is 0 Å². The maximum absolute atomic E-state index is 5.23. The second kappa shape index (κ2) is 10.5. The van der Waals surface area contributed by atoms with E-state index in [4.69, 9.17) is 18.9 Å². The summed E-state index contributed by atoms with van der Waals surface area (Å²) >= 11 is 0. The van der Waals surface area contributed by atoms with Gasteiger partial charge in [0.15, 0.2) is 0 Å². The van der Waals surface area contributed by atoms with Crippen LogP contribution in [0.2, 0.25) is 0 Å². The molecule has 0 bridgehead atoms. The van der Waals surface area contributed by atoms with E-state index in [1.165, 1.54) is 0 Å². The van der Waals surface area contributed by atoms with Gasteiger partial charge >= 0.3 is 0 Å². The lowest BCUT2D eigenvalue weighted by Crippen LogP contribution is -2.00. The van der Waals surface area contributed by atoms with Crippen molar-refractivity contribution in [3.8, 4) is 23.1 Å². The third kappa shape index (κ3) is 5.25. The topological polar surface area (TPSA) is 62.7 Å². The molecule has 6 nitrogen and oxygen atoms in total. The van der Waals surface area contributed by atoms with Gasteiger partial charge in [0.1, 0.15) is 17.2 Å². The van der Waals surface area contributed by atoms with E-state index in [0.717, 1.165) is 28.4 Å². The van der Waals surface area contributed by atoms with Crippen LogP contribution in [-0.4, -0.2) is 38.4 Å². The molecule has 0 aliphatic carbocycles. The van der Waals surface area contributed by atoms with Crippen molar-refractivity contribution in [1.29, 1.82) is 0 Å². The number of methoxy groups -OCH3 is 4. The van der Waals surface area contributed by atoms with Crippen molar-refractivity contribution >= 4 is 0 Å². The van der Waals surface area contributed by atoms with Crippen LogP contribution in [0.15, 0.2) is 24.7 Å². The first-order valence-corrected chi connectivity index (χ1v) is 8.53. The first-order chi connectivity index (χ1) is 12.4. The van der Waals surface area contributed by atoms with E-state index in [-0.39, 0.29) is 0 Å². The molecular formula is C20H30N2O4. The smallest absolute Gasteiger partial charge is 0.220 e. The fourth-order valence-electron chi connectivity index (χ4n) is 2.64. The van der Waals surface area contributed by atoms with Gasteiger partial charge in [-0.05, 0) is 17.9 Å². The Morgan fingerprint density at radius 1 is 0.692 bits per heavy atom. The summed E-state index contributed by atoms with van der Waals surface area (Å²) in [5.41, 5.74) is 2.09. The van der Waals surface area contributed by atoms with Crippen LogP contribution >= 0.6 is 0 Å². The first kappa shape index (κ1) is 21.5. The molecule has 0 aromatic carbocycles. The van der Waals surface area contributed by atoms with Crippen LogP contribution < -0.4 is 18.9 Å². The number of nitrogens with zero attached hydrogens (tertiary/aromatic N) is 2. The third-order valence-corrected chi connectivity index (χ3v) is 3.84. The number of hydrogen-bond donors (Lipinski definition) is 0. The van der Waals surface area contributed by atoms with E-state index < -0.39 is 0 Å². The van der Waals surface area contributed by atoms with Gasteiger partial charge in [-0.25, -0.2) is 4.98 Å². The molecule has 0 unspecified atom stereocenters. The van der Waals surface area contributed by atoms with Crippen LogP contribution in [-0.2, 0) is 0 Å². The van der Waals surface area contributed by atoms with Crippen molar-refractivity contribution in [2.45, 2.75) is 39.5 Å². The molecule has 0 saturated carbocycles. The predicted octanol–water partition coefficient (Wildman–Crippen LogP) is 4.44. The Labute approximate surface area is 156 Å². The number of aromatic nitrogens is 2. The summed E-state index contributed by atoms with van der Waals surface area (Å²) in [6.07, 6.45) is 5.10. The van der Waals surface area contributed by atoms with Crippen LogP contribution in [0.5, 0.6) is 23.1 Å². The zero-order chi connectivity index (χ0) is 19.7. The lowest BCUT2D eigenvalue weighted by Gasteiger charge is -2.14. The van der Waals surface area contributed by atoms with Crippen LogP contribution in [0.1, 0.15) is 50.7 Å². The summed E-state index contributed by atoms with van der Waals surface area (Å²) in [4.78, 5) is 8.14. The first-order valence-electron chi connectivity index (χ1n) is 8.53. The third-order valence-electron chi connectivity index (χ3n) is 3.84. The highest BCUT2D eigenvalue weighted by atomic mass is 16.5. The molecule has 6 heteroatoms. The molecule has 2 aromatic heterocycles. The van der Waals surface area contributed by atoms with Crippen LogP contribution in [0, 0.1) is 0 Å². The minimum atomic E-state index is 0.346. The Kier molecular flexibility index (Phi) is 8.68. The Bertz CT molecular complexity index is 584. The summed E-state index contributed by atoms with van der Waals surface area (Å²) in [6, 6.07) is 1.85. The predicted molar refractivity (Wildman–Crippen MR) is 103 cm³/mol. The van der Waals surface area contributed by atoms with Gasteiger partial charge in [-0.2, -0.15) is 0 Å². The summed E-state index contributed by atoms with van der Waals surface area (Å²) in [7, 11) is 6.55. The van der Waals surface area contributed by atoms with E-state index in [9.17, 15) is 0 Å². The quantitative estimate of drug-likeness (QED) is 0.757. The van der Waals surface area contributed by atoms with Gasteiger partial charge in [0.05, 0.1) is 46.4 Å². The van der Waals surface area contributed by atoms with Crippen molar-refractivity contribution in [2.24, 2.45) is 0 Å². The highest BCUT2D eigenvalue weighted by Crippen LogP contribution is 2.33. The van der Waals surface area contributed by atoms with Crippen molar-refractivity contribution < 1.29 is 18.9 Å². The lowest BCUT2D eigenvalue weighted by molar-refractivity contribution is 0.370. The molecule has 2 aromatic rings. The number of ether oxygens (including phenoxy) is 4. The molecule has 0 aliphatic rings. The second-order valence-electron chi connectivity index (χ2n) is 6.20. The molecule has 2 heterocycles. The lowest BCUT2D eigenvalue weighted by atomic mass is 10.0. The van der Waals surface area contributed by atoms with E-state index >= 15 is 0 Å². The van der Waals surface area contributed by atoms with E-state index in [2.05, 4.69) is 37.7 Å². The van der Waals surface area contributed by atoms with Crippen LogP contribution in [0.25, 0.3) is 0 Å². The van der Waals surface area contributed by atoms with Crippen molar-refractivity contribution in [2.75, 3.05) is 28.4 Å². The zero-order valence-electron chi connectivity index (χ0n) is 17.0. The minimum Gasteiger partial charge on any atom is -0.496 e. The fraction of sp³-hybridized carbons (Fsp3) is 0.500. The molecular weight excluding hydrogens is 332 g/mol. The minimum absolute atomic E-state index is 0.346. The molecule has 0 atom stereocenters. The summed E-state index contributed by atoms with van der Waals surface area (Å²) < 4.78 is 20.8. The van der Waals surface area contributed by atoms with Gasteiger partial charge in [0.25, 0.3) is 0 Å². The van der Waals surface area contributed by atoms with E-state index in [1.807, 2.05) is 6.07 Å². The van der Waals surface area contributed by atoms with E-state index in [0.29, 0.717) is 17.7 Å². The molecule has 2 rings (SSSR count). The SMILES string of the molecule is COc1ccnc(OC)c1C(C)C.COc1cncc(OC)c1C(C)C. The van der Waals surface area contributed by atoms with Crippen molar-refractivity contribution in [3.05, 3.63) is 35.8 Å². The fourth-order valence-corrected chi connectivity index (χ4v) is 2.64. The Balaban J connectivity index is 0.000000260. The van der Waals surface area contributed by atoms with Gasteiger partial charge in [0, 0.05) is 11.8 Å². The Hall–Kier alpha value is -2.50.